The third-order valence-electron chi connectivity index (χ3n) is 3.58. The molecule has 8 N–H and O–H groups in total. The highest BCUT2D eigenvalue weighted by Crippen LogP contribution is 2.58. The monoisotopic (exact) mass is 440 g/mol. The van der Waals surface area contributed by atoms with Crippen molar-refractivity contribution >= 4 is 38.5 Å². The number of phosphoric ester groups is 1. The number of imidazole rings is 1. The molecule has 3 heterocycles. The zero-order valence-electron chi connectivity index (χ0n) is 13.5. The second-order valence-corrected chi connectivity index (χ2v) is 8.26. The van der Waals surface area contributed by atoms with Crippen molar-refractivity contribution in [2.75, 3.05) is 5.73 Å². The lowest BCUT2D eigenvalue weighted by Gasteiger charge is -2.18. The summed E-state index contributed by atoms with van der Waals surface area (Å²) in [6.45, 7) is 0. The van der Waals surface area contributed by atoms with Gasteiger partial charge in [0.05, 0.1) is 6.33 Å². The lowest BCUT2D eigenvalue weighted by Crippen LogP contribution is -2.36. The summed E-state index contributed by atoms with van der Waals surface area (Å²) in [4.78, 5) is 38.1. The summed E-state index contributed by atoms with van der Waals surface area (Å²) in [5.74, 6) is -1.17. The summed E-state index contributed by atoms with van der Waals surface area (Å²) in [5, 5.41) is 28.0. The van der Waals surface area contributed by atoms with E-state index >= 15 is 0 Å². The van der Waals surface area contributed by atoms with Crippen molar-refractivity contribution in [2.24, 2.45) is 0 Å². The Hall–Kier alpha value is -2.00. The number of fused-ring (bicyclic) bond motifs is 1. The number of hydrogen-bond acceptors (Lipinski definition) is 12. The predicted octanol–water partition coefficient (Wildman–Crippen LogP) is -1.77. The summed E-state index contributed by atoms with van der Waals surface area (Å²) >= 11 is 0. The Bertz CT molecular complexity index is 1010. The van der Waals surface area contributed by atoms with E-state index in [9.17, 15) is 24.2 Å². The molecule has 1 unspecified atom stereocenters. The summed E-state index contributed by atoms with van der Waals surface area (Å²) in [6.07, 6.45) is -4.32. The number of aliphatic hydroxyl groups excluding tert-OH is 2. The van der Waals surface area contributed by atoms with E-state index in [0.29, 0.717) is 0 Å². The van der Waals surface area contributed by atoms with Crippen LogP contribution < -0.4 is 5.73 Å². The fourth-order valence-electron chi connectivity index (χ4n) is 2.49. The van der Waals surface area contributed by atoms with Gasteiger partial charge in [0.1, 0.15) is 24.1 Å². The Morgan fingerprint density at radius 3 is 2.54 bits per heavy atom. The fraction of sp³-hybridized carbons (Fsp3) is 0.400. The molecule has 5 atom stereocenters. The van der Waals surface area contributed by atoms with Crippen molar-refractivity contribution in [3.8, 4) is 0 Å². The summed E-state index contributed by atoms with van der Waals surface area (Å²) in [6, 6.07) is 0. The van der Waals surface area contributed by atoms with E-state index in [1.54, 1.807) is 0 Å². The molecule has 154 valence electrons. The minimum Gasteiger partial charge on any atom is -0.387 e. The number of nitrogens with zero attached hydrogens (tertiary/aromatic N) is 4. The van der Waals surface area contributed by atoms with Crippen LogP contribution in [0.2, 0.25) is 0 Å². The van der Waals surface area contributed by atoms with Gasteiger partial charge in [0.25, 0.3) is 0 Å². The smallest absolute Gasteiger partial charge is 0.387 e. The topological polar surface area (TPSA) is 256 Å². The van der Waals surface area contributed by atoms with Gasteiger partial charge in [0.2, 0.25) is 5.90 Å². The van der Waals surface area contributed by atoms with Gasteiger partial charge in [-0.2, -0.15) is 4.31 Å². The van der Waals surface area contributed by atoms with Gasteiger partial charge in [-0.3, -0.25) is 14.9 Å². The molecule has 28 heavy (non-hydrogen) atoms. The van der Waals surface area contributed by atoms with Crippen molar-refractivity contribution in [1.29, 1.82) is 5.41 Å². The minimum absolute atomic E-state index is 0.0419. The lowest BCUT2D eigenvalue weighted by molar-refractivity contribution is -0.0237. The molecule has 2 aromatic heterocycles. The summed E-state index contributed by atoms with van der Waals surface area (Å²) < 4.78 is 36.4. The molecule has 1 saturated heterocycles. The fourth-order valence-corrected chi connectivity index (χ4v) is 4.05. The van der Waals surface area contributed by atoms with Gasteiger partial charge < -0.3 is 35.0 Å². The number of nitrogens with two attached hydrogens (primary N) is 1. The van der Waals surface area contributed by atoms with Crippen LogP contribution in [0.1, 0.15) is 6.23 Å². The van der Waals surface area contributed by atoms with Gasteiger partial charge in [0, 0.05) is 0 Å². The molecule has 0 saturated carbocycles. The van der Waals surface area contributed by atoms with Crippen LogP contribution in [0.3, 0.4) is 0 Å². The number of aliphatic hydroxyl groups is 2. The van der Waals surface area contributed by atoms with Crippen molar-refractivity contribution in [3.63, 3.8) is 0 Å². The number of anilines is 1. The molecule has 0 aromatic carbocycles. The van der Waals surface area contributed by atoms with E-state index in [2.05, 4.69) is 23.8 Å². The Kier molecular flexibility index (Phi) is 5.26. The van der Waals surface area contributed by atoms with Gasteiger partial charge in [-0.15, -0.1) is 0 Å². The van der Waals surface area contributed by atoms with Crippen LogP contribution in [-0.2, 0) is 22.7 Å². The molecule has 2 aromatic rings. The maximum Gasteiger partial charge on any atom is 0.537 e. The molecule has 0 radical (unpaired) electrons. The number of phosphoric acid groups is 2. The molecule has 0 amide bonds. The highest BCUT2D eigenvalue weighted by Gasteiger charge is 2.49. The summed E-state index contributed by atoms with van der Waals surface area (Å²) in [5.41, 5.74) is 5.97. The Morgan fingerprint density at radius 1 is 1.21 bits per heavy atom. The number of nitrogens with one attached hydrogen (secondary N) is 1. The van der Waals surface area contributed by atoms with Crippen LogP contribution in [0.4, 0.5) is 5.82 Å². The summed E-state index contributed by atoms with van der Waals surface area (Å²) in [7, 11) is -10.8. The van der Waals surface area contributed by atoms with Crippen molar-refractivity contribution in [2.45, 2.75) is 24.5 Å². The standard InChI is InChI=1S/C10H14N6O10P2/c11-7-3-9(14-1-13-7)16(2-15-3)10-5(18)4(17)6(24-10)8(12)25-28(22,23)26-27(19,20)21/h1-2,4-6,10,12,17-18H,(H,22,23)(H2,11,13,14)(H2,19,20,21)/t4-,5+,6-,10+/m0/s1. The molecule has 0 spiro atoms. The van der Waals surface area contributed by atoms with Gasteiger partial charge in [-0.1, -0.05) is 0 Å². The first-order valence-corrected chi connectivity index (χ1v) is 10.2. The number of aromatic nitrogens is 4. The first kappa shape index (κ1) is 20.7. The number of nitrogen functional groups attached to an aromatic ring is 1. The van der Waals surface area contributed by atoms with Crippen molar-refractivity contribution in [3.05, 3.63) is 12.7 Å². The maximum atomic E-state index is 11.5. The van der Waals surface area contributed by atoms with Crippen LogP contribution in [0.15, 0.2) is 12.7 Å². The Balaban J connectivity index is 1.82. The van der Waals surface area contributed by atoms with Crippen LogP contribution >= 0.6 is 15.6 Å². The van der Waals surface area contributed by atoms with Gasteiger partial charge in [0.15, 0.2) is 23.8 Å². The molecular weight excluding hydrogens is 426 g/mol. The SMILES string of the molecule is N=C(OP(=O)(O)OP(=O)(O)O)[C@H]1O[C@@H](n2cnc3c(N)ncnc32)[C@H](O)[C@@H]1O. The van der Waals surface area contributed by atoms with Crippen molar-refractivity contribution in [1.82, 2.24) is 19.5 Å². The zero-order valence-corrected chi connectivity index (χ0v) is 15.3. The van der Waals surface area contributed by atoms with E-state index in [-0.39, 0.29) is 17.0 Å². The Labute approximate surface area is 154 Å². The molecule has 1 fully saturated rings. The zero-order chi connectivity index (χ0) is 20.9. The molecule has 1 aliphatic rings. The van der Waals surface area contributed by atoms with E-state index in [1.807, 2.05) is 0 Å². The number of rotatable bonds is 5. The quantitative estimate of drug-likeness (QED) is 0.154. The average molecular weight is 440 g/mol. The highest BCUT2D eigenvalue weighted by molar-refractivity contribution is 7.61. The largest absolute Gasteiger partial charge is 0.537 e. The molecular formula is C10H14N6O10P2. The normalized spacial score (nSPS) is 27.6. The highest BCUT2D eigenvalue weighted by atomic mass is 31.3. The van der Waals surface area contributed by atoms with Gasteiger partial charge in [-0.25, -0.2) is 24.1 Å². The minimum atomic E-state index is -5.41. The third kappa shape index (κ3) is 4.05. The molecule has 16 nitrogen and oxygen atoms in total. The molecule has 0 bridgehead atoms. The molecule has 3 rings (SSSR count). The second-order valence-electron chi connectivity index (χ2n) is 5.51. The van der Waals surface area contributed by atoms with E-state index in [4.69, 9.17) is 25.7 Å². The van der Waals surface area contributed by atoms with E-state index in [0.717, 1.165) is 6.33 Å². The first-order chi connectivity index (χ1) is 12.9. The third-order valence-corrected chi connectivity index (χ3v) is 5.68. The van der Waals surface area contributed by atoms with E-state index < -0.39 is 46.1 Å². The van der Waals surface area contributed by atoms with Gasteiger partial charge >= 0.3 is 15.6 Å². The lowest BCUT2D eigenvalue weighted by atomic mass is 10.1. The van der Waals surface area contributed by atoms with Crippen LogP contribution in [0.25, 0.3) is 11.2 Å². The Morgan fingerprint density at radius 2 is 1.89 bits per heavy atom. The van der Waals surface area contributed by atoms with E-state index in [1.165, 1.54) is 10.9 Å². The molecule has 18 heteroatoms. The number of hydrogen-bond donors (Lipinski definition) is 7. The van der Waals surface area contributed by atoms with Crippen molar-refractivity contribution < 1.29 is 47.6 Å². The molecule has 1 aliphatic heterocycles. The van der Waals surface area contributed by atoms with Gasteiger partial charge in [-0.05, 0) is 0 Å². The second kappa shape index (κ2) is 7.11. The molecule has 0 aliphatic carbocycles. The average Bonchev–Trinajstić information content (AvgIpc) is 3.08. The first-order valence-electron chi connectivity index (χ1n) is 7.22. The van der Waals surface area contributed by atoms with Crippen LogP contribution in [-0.4, -0.2) is 68.6 Å². The van der Waals surface area contributed by atoms with Crippen LogP contribution in [0, 0.1) is 5.41 Å². The predicted molar refractivity (Wildman–Crippen MR) is 87.4 cm³/mol. The van der Waals surface area contributed by atoms with Crippen LogP contribution in [0.5, 0.6) is 0 Å². The maximum absolute atomic E-state index is 11.5. The number of ether oxygens (including phenoxy) is 1.